The van der Waals surface area contributed by atoms with E-state index in [0.29, 0.717) is 12.5 Å². The summed E-state index contributed by atoms with van der Waals surface area (Å²) in [5.74, 6) is 0.624. The Balaban J connectivity index is 2.28. The van der Waals surface area contributed by atoms with E-state index in [4.69, 9.17) is 5.11 Å². The van der Waals surface area contributed by atoms with E-state index in [1.165, 1.54) is 32.1 Å². The zero-order chi connectivity index (χ0) is 12.6. The van der Waals surface area contributed by atoms with Crippen LogP contribution in [0, 0.1) is 5.92 Å². The van der Waals surface area contributed by atoms with Crippen LogP contribution in [0.5, 0.6) is 0 Å². The molecule has 1 unspecified atom stereocenters. The van der Waals surface area contributed by atoms with Gasteiger partial charge in [0.25, 0.3) is 0 Å². The molecule has 0 aromatic heterocycles. The van der Waals surface area contributed by atoms with Crippen molar-refractivity contribution in [3.8, 4) is 0 Å². The molecule has 1 atom stereocenters. The van der Waals surface area contributed by atoms with Gasteiger partial charge < -0.3 is 15.5 Å². The van der Waals surface area contributed by atoms with Gasteiger partial charge in [-0.1, -0.05) is 19.3 Å². The van der Waals surface area contributed by atoms with Gasteiger partial charge in [-0.15, -0.1) is 0 Å². The summed E-state index contributed by atoms with van der Waals surface area (Å²) in [6, 6.07) is 0. The molecule has 102 valence electrons. The average molecular weight is 243 g/mol. The Hall–Kier alpha value is -0.120. The van der Waals surface area contributed by atoms with E-state index in [2.05, 4.69) is 12.2 Å². The number of aliphatic hydroxyl groups is 2. The number of aliphatic hydroxyl groups excluding tert-OH is 2. The maximum absolute atomic E-state index is 9.64. The lowest BCUT2D eigenvalue weighted by molar-refractivity contribution is 0.0949. The van der Waals surface area contributed by atoms with Crippen molar-refractivity contribution in [3.63, 3.8) is 0 Å². The van der Waals surface area contributed by atoms with Crippen molar-refractivity contribution in [3.05, 3.63) is 0 Å². The molecule has 3 nitrogen and oxygen atoms in total. The highest BCUT2D eigenvalue weighted by molar-refractivity contribution is 4.91. The van der Waals surface area contributed by atoms with Crippen LogP contribution in [0.3, 0.4) is 0 Å². The smallest absolute Gasteiger partial charge is 0.0613 e. The van der Waals surface area contributed by atoms with Gasteiger partial charge in [0.15, 0.2) is 0 Å². The van der Waals surface area contributed by atoms with E-state index in [-0.39, 0.29) is 12.1 Å². The SMILES string of the molecule is CC(CO)(NCCCCCO)C1CCCCC1. The third-order valence-corrected chi connectivity index (χ3v) is 4.20. The van der Waals surface area contributed by atoms with Crippen LogP contribution in [-0.4, -0.2) is 35.5 Å². The summed E-state index contributed by atoms with van der Waals surface area (Å²) in [5.41, 5.74) is -0.0976. The number of hydrogen-bond donors (Lipinski definition) is 3. The highest BCUT2D eigenvalue weighted by Crippen LogP contribution is 2.32. The van der Waals surface area contributed by atoms with Crippen LogP contribution in [0.2, 0.25) is 0 Å². The second kappa shape index (κ2) is 8.06. The van der Waals surface area contributed by atoms with E-state index in [0.717, 1.165) is 25.8 Å². The Bertz CT molecular complexity index is 193. The van der Waals surface area contributed by atoms with Crippen molar-refractivity contribution in [2.45, 2.75) is 63.8 Å². The van der Waals surface area contributed by atoms with Gasteiger partial charge in [0.2, 0.25) is 0 Å². The van der Waals surface area contributed by atoms with Crippen molar-refractivity contribution in [1.29, 1.82) is 0 Å². The first-order valence-corrected chi connectivity index (χ1v) is 7.19. The van der Waals surface area contributed by atoms with Crippen LogP contribution >= 0.6 is 0 Å². The number of unbranched alkanes of at least 4 members (excludes halogenated alkanes) is 2. The molecule has 1 aliphatic carbocycles. The Kier molecular flexibility index (Phi) is 7.09. The fourth-order valence-electron chi connectivity index (χ4n) is 2.86. The van der Waals surface area contributed by atoms with Crippen molar-refractivity contribution in [2.24, 2.45) is 5.92 Å². The lowest BCUT2D eigenvalue weighted by Gasteiger charge is -2.39. The molecule has 0 radical (unpaired) electrons. The molecule has 1 rings (SSSR count). The first-order valence-electron chi connectivity index (χ1n) is 7.19. The summed E-state index contributed by atoms with van der Waals surface area (Å²) in [4.78, 5) is 0. The fraction of sp³-hybridized carbons (Fsp3) is 1.00. The zero-order valence-corrected chi connectivity index (χ0v) is 11.2. The molecule has 0 spiro atoms. The van der Waals surface area contributed by atoms with Gasteiger partial charge in [-0.3, -0.25) is 0 Å². The van der Waals surface area contributed by atoms with Crippen molar-refractivity contribution < 1.29 is 10.2 Å². The minimum Gasteiger partial charge on any atom is -0.396 e. The molecule has 0 aromatic rings. The van der Waals surface area contributed by atoms with Crippen LogP contribution in [0.4, 0.5) is 0 Å². The van der Waals surface area contributed by atoms with E-state index >= 15 is 0 Å². The predicted molar refractivity (Wildman–Crippen MR) is 71.0 cm³/mol. The summed E-state index contributed by atoms with van der Waals surface area (Å²) < 4.78 is 0. The van der Waals surface area contributed by atoms with Gasteiger partial charge in [-0.05, 0) is 51.5 Å². The molecule has 0 aliphatic heterocycles. The normalized spacial score (nSPS) is 21.4. The summed E-state index contributed by atoms with van der Waals surface area (Å²) in [6.45, 7) is 3.64. The minimum absolute atomic E-state index is 0.0976. The first kappa shape index (κ1) is 14.9. The molecular formula is C14H29NO2. The van der Waals surface area contributed by atoms with Gasteiger partial charge in [0.1, 0.15) is 0 Å². The van der Waals surface area contributed by atoms with E-state index in [1.54, 1.807) is 0 Å². The van der Waals surface area contributed by atoms with E-state index in [1.807, 2.05) is 0 Å². The van der Waals surface area contributed by atoms with Crippen LogP contribution < -0.4 is 5.32 Å². The van der Waals surface area contributed by atoms with E-state index in [9.17, 15) is 5.11 Å². The molecule has 1 aliphatic rings. The number of hydrogen-bond acceptors (Lipinski definition) is 3. The lowest BCUT2D eigenvalue weighted by atomic mass is 9.76. The predicted octanol–water partition coefficient (Wildman–Crippen LogP) is 2.07. The molecule has 0 heterocycles. The molecule has 3 heteroatoms. The monoisotopic (exact) mass is 243 g/mol. The Morgan fingerprint density at radius 1 is 1.06 bits per heavy atom. The average Bonchev–Trinajstić information content (AvgIpc) is 2.39. The topological polar surface area (TPSA) is 52.5 Å². The zero-order valence-electron chi connectivity index (χ0n) is 11.2. The van der Waals surface area contributed by atoms with Gasteiger partial charge in [-0.25, -0.2) is 0 Å². The lowest BCUT2D eigenvalue weighted by Crippen LogP contribution is -2.52. The maximum atomic E-state index is 9.64. The van der Waals surface area contributed by atoms with Crippen LogP contribution in [0.1, 0.15) is 58.3 Å². The summed E-state index contributed by atoms with van der Waals surface area (Å²) in [6.07, 6.45) is 9.52. The first-order chi connectivity index (χ1) is 8.23. The minimum atomic E-state index is -0.0976. The Morgan fingerprint density at radius 2 is 1.76 bits per heavy atom. The molecule has 3 N–H and O–H groups in total. The standard InChI is InChI=1S/C14H29NO2/c1-14(12-17,13-8-4-2-5-9-13)15-10-6-3-7-11-16/h13,15-17H,2-12H2,1H3. The molecule has 0 amide bonds. The molecular weight excluding hydrogens is 214 g/mol. The highest BCUT2D eigenvalue weighted by Gasteiger charge is 2.33. The van der Waals surface area contributed by atoms with Crippen molar-refractivity contribution in [1.82, 2.24) is 5.32 Å². The maximum Gasteiger partial charge on any atom is 0.0613 e. The Morgan fingerprint density at radius 3 is 2.35 bits per heavy atom. The second-order valence-corrected chi connectivity index (χ2v) is 5.62. The fourth-order valence-corrected chi connectivity index (χ4v) is 2.86. The Labute approximate surface area is 106 Å². The van der Waals surface area contributed by atoms with Crippen LogP contribution in [-0.2, 0) is 0 Å². The summed E-state index contributed by atoms with van der Waals surface area (Å²) in [7, 11) is 0. The molecule has 0 saturated heterocycles. The number of nitrogens with one attached hydrogen (secondary N) is 1. The highest BCUT2D eigenvalue weighted by atomic mass is 16.3. The van der Waals surface area contributed by atoms with E-state index < -0.39 is 0 Å². The second-order valence-electron chi connectivity index (χ2n) is 5.62. The third kappa shape index (κ3) is 4.94. The largest absolute Gasteiger partial charge is 0.396 e. The van der Waals surface area contributed by atoms with Gasteiger partial charge >= 0.3 is 0 Å². The van der Waals surface area contributed by atoms with Gasteiger partial charge in [-0.2, -0.15) is 0 Å². The molecule has 1 saturated carbocycles. The molecule has 0 aromatic carbocycles. The van der Waals surface area contributed by atoms with Gasteiger partial charge in [0, 0.05) is 12.1 Å². The quantitative estimate of drug-likeness (QED) is 0.572. The molecule has 17 heavy (non-hydrogen) atoms. The summed E-state index contributed by atoms with van der Waals surface area (Å²) >= 11 is 0. The number of rotatable bonds is 8. The van der Waals surface area contributed by atoms with Crippen LogP contribution in [0.25, 0.3) is 0 Å². The molecule has 1 fully saturated rings. The van der Waals surface area contributed by atoms with Crippen molar-refractivity contribution in [2.75, 3.05) is 19.8 Å². The third-order valence-electron chi connectivity index (χ3n) is 4.20. The summed E-state index contributed by atoms with van der Waals surface area (Å²) in [5, 5.41) is 21.9. The van der Waals surface area contributed by atoms with Gasteiger partial charge in [0.05, 0.1) is 6.61 Å². The molecule has 0 bridgehead atoms. The van der Waals surface area contributed by atoms with Crippen LogP contribution in [0.15, 0.2) is 0 Å². The van der Waals surface area contributed by atoms with Crippen molar-refractivity contribution >= 4 is 0 Å².